The van der Waals surface area contributed by atoms with E-state index in [0.29, 0.717) is 5.92 Å². The molecule has 1 aromatic carbocycles. The summed E-state index contributed by atoms with van der Waals surface area (Å²) in [5.74, 6) is 0.703. The molecule has 1 rings (SSSR count). The van der Waals surface area contributed by atoms with Crippen molar-refractivity contribution in [2.45, 2.75) is 53.2 Å². The summed E-state index contributed by atoms with van der Waals surface area (Å²) in [7, 11) is 2.18. The number of benzene rings is 1. The zero-order valence-electron chi connectivity index (χ0n) is 13.8. The van der Waals surface area contributed by atoms with Crippen molar-refractivity contribution in [1.29, 1.82) is 0 Å². The Labute approximate surface area is 133 Å². The molecular formula is C17H29BrN2. The molecule has 0 unspecified atom stereocenters. The van der Waals surface area contributed by atoms with Crippen LogP contribution in [0.4, 0.5) is 0 Å². The first-order chi connectivity index (χ1) is 9.17. The van der Waals surface area contributed by atoms with Crippen LogP contribution in [0.25, 0.3) is 0 Å². The summed E-state index contributed by atoms with van der Waals surface area (Å²) in [5.41, 5.74) is 2.83. The van der Waals surface area contributed by atoms with E-state index in [9.17, 15) is 0 Å². The number of nitrogens with zero attached hydrogens (tertiary/aromatic N) is 1. The molecule has 0 aromatic heterocycles. The van der Waals surface area contributed by atoms with Gasteiger partial charge in [-0.25, -0.2) is 0 Å². The highest BCUT2D eigenvalue weighted by molar-refractivity contribution is 9.10. The fraction of sp³-hybridized carbons (Fsp3) is 0.647. The third kappa shape index (κ3) is 6.87. The normalized spacial score (nSPS) is 12.4. The van der Waals surface area contributed by atoms with Crippen LogP contribution in [-0.4, -0.2) is 24.0 Å². The van der Waals surface area contributed by atoms with E-state index in [4.69, 9.17) is 0 Å². The van der Waals surface area contributed by atoms with E-state index in [1.165, 1.54) is 15.6 Å². The molecule has 0 aliphatic rings. The van der Waals surface area contributed by atoms with Gasteiger partial charge in [-0.3, -0.25) is 0 Å². The molecular weight excluding hydrogens is 312 g/mol. The van der Waals surface area contributed by atoms with Gasteiger partial charge in [0, 0.05) is 29.6 Å². The van der Waals surface area contributed by atoms with Crippen LogP contribution in [-0.2, 0) is 13.1 Å². The minimum absolute atomic E-state index is 0.155. The van der Waals surface area contributed by atoms with Crippen molar-refractivity contribution in [3.63, 3.8) is 0 Å². The van der Waals surface area contributed by atoms with Gasteiger partial charge < -0.3 is 10.2 Å². The van der Waals surface area contributed by atoms with Crippen molar-refractivity contribution in [3.05, 3.63) is 33.8 Å². The average molecular weight is 341 g/mol. The summed E-state index contributed by atoms with van der Waals surface area (Å²) in [6.07, 6.45) is 0. The second-order valence-electron chi connectivity index (χ2n) is 7.12. The van der Waals surface area contributed by atoms with Gasteiger partial charge in [-0.15, -0.1) is 0 Å². The van der Waals surface area contributed by atoms with Gasteiger partial charge in [-0.1, -0.05) is 41.9 Å². The quantitative estimate of drug-likeness (QED) is 0.824. The standard InChI is InChI=1S/C17H29BrN2/c1-13(2)11-20(6)12-15-8-7-14(9-16(15)18)10-19-17(3,4)5/h7-9,13,19H,10-12H2,1-6H3. The summed E-state index contributed by atoms with van der Waals surface area (Å²) < 4.78 is 1.21. The third-order valence-corrected chi connectivity index (χ3v) is 3.80. The Kier molecular flexibility index (Phi) is 6.70. The Bertz CT molecular complexity index is 421. The van der Waals surface area contributed by atoms with Crippen molar-refractivity contribution >= 4 is 15.9 Å². The largest absolute Gasteiger partial charge is 0.308 e. The number of nitrogens with one attached hydrogen (secondary N) is 1. The molecule has 2 nitrogen and oxygen atoms in total. The molecule has 0 aliphatic heterocycles. The Morgan fingerprint density at radius 1 is 1.25 bits per heavy atom. The maximum atomic E-state index is 3.71. The van der Waals surface area contributed by atoms with E-state index >= 15 is 0 Å². The van der Waals surface area contributed by atoms with E-state index in [1.54, 1.807) is 0 Å². The predicted octanol–water partition coefficient (Wildman–Crippen LogP) is 4.43. The molecule has 0 radical (unpaired) electrons. The Balaban J connectivity index is 2.64. The first-order valence-corrected chi connectivity index (χ1v) is 8.17. The highest BCUT2D eigenvalue weighted by Gasteiger charge is 2.10. The molecule has 0 saturated heterocycles. The molecule has 3 heteroatoms. The second kappa shape index (κ2) is 7.58. The number of hydrogen-bond donors (Lipinski definition) is 1. The molecule has 0 atom stereocenters. The fourth-order valence-corrected chi connectivity index (χ4v) is 2.73. The third-order valence-electron chi connectivity index (χ3n) is 3.06. The highest BCUT2D eigenvalue weighted by atomic mass is 79.9. The lowest BCUT2D eigenvalue weighted by Gasteiger charge is -2.22. The van der Waals surface area contributed by atoms with Gasteiger partial charge in [0.05, 0.1) is 0 Å². The van der Waals surface area contributed by atoms with Gasteiger partial charge in [0.25, 0.3) is 0 Å². The smallest absolute Gasteiger partial charge is 0.0242 e. The Morgan fingerprint density at radius 2 is 1.90 bits per heavy atom. The van der Waals surface area contributed by atoms with Gasteiger partial charge >= 0.3 is 0 Å². The lowest BCUT2D eigenvalue weighted by molar-refractivity contribution is 0.288. The minimum atomic E-state index is 0.155. The first kappa shape index (κ1) is 17.7. The molecule has 0 aliphatic carbocycles. The SMILES string of the molecule is CC(C)CN(C)Cc1ccc(CNC(C)(C)C)cc1Br. The second-order valence-corrected chi connectivity index (χ2v) is 7.97. The van der Waals surface area contributed by atoms with Crippen molar-refractivity contribution in [2.75, 3.05) is 13.6 Å². The number of hydrogen-bond acceptors (Lipinski definition) is 2. The fourth-order valence-electron chi connectivity index (χ4n) is 2.17. The summed E-state index contributed by atoms with van der Waals surface area (Å²) in [4.78, 5) is 2.37. The highest BCUT2D eigenvalue weighted by Crippen LogP contribution is 2.20. The van der Waals surface area contributed by atoms with Gasteiger partial charge in [0.15, 0.2) is 0 Å². The first-order valence-electron chi connectivity index (χ1n) is 7.38. The van der Waals surface area contributed by atoms with Crippen LogP contribution in [0.2, 0.25) is 0 Å². The lowest BCUT2D eigenvalue weighted by atomic mass is 10.1. The zero-order chi connectivity index (χ0) is 15.3. The monoisotopic (exact) mass is 340 g/mol. The van der Waals surface area contributed by atoms with Crippen molar-refractivity contribution < 1.29 is 0 Å². The van der Waals surface area contributed by atoms with Crippen LogP contribution in [0.15, 0.2) is 22.7 Å². The summed E-state index contributed by atoms with van der Waals surface area (Å²) in [6.45, 7) is 14.1. The summed E-state index contributed by atoms with van der Waals surface area (Å²) in [6, 6.07) is 6.69. The molecule has 1 N–H and O–H groups in total. The molecule has 114 valence electrons. The van der Waals surface area contributed by atoms with E-state index in [0.717, 1.165) is 19.6 Å². The van der Waals surface area contributed by atoms with Crippen molar-refractivity contribution in [3.8, 4) is 0 Å². The van der Waals surface area contributed by atoms with Gasteiger partial charge in [-0.05, 0) is 50.9 Å². The van der Waals surface area contributed by atoms with Gasteiger partial charge in [0.2, 0.25) is 0 Å². The van der Waals surface area contributed by atoms with Crippen LogP contribution >= 0.6 is 15.9 Å². The zero-order valence-corrected chi connectivity index (χ0v) is 15.3. The molecule has 0 heterocycles. The van der Waals surface area contributed by atoms with E-state index in [1.807, 2.05) is 0 Å². The maximum absolute atomic E-state index is 3.71. The minimum Gasteiger partial charge on any atom is -0.308 e. The molecule has 0 saturated carbocycles. The topological polar surface area (TPSA) is 15.3 Å². The summed E-state index contributed by atoms with van der Waals surface area (Å²) >= 11 is 3.71. The van der Waals surface area contributed by atoms with Crippen LogP contribution in [0.1, 0.15) is 45.7 Å². The molecule has 20 heavy (non-hydrogen) atoms. The van der Waals surface area contributed by atoms with Crippen molar-refractivity contribution in [1.82, 2.24) is 10.2 Å². The van der Waals surface area contributed by atoms with Crippen molar-refractivity contribution in [2.24, 2.45) is 5.92 Å². The molecule has 0 amide bonds. The van der Waals surface area contributed by atoms with E-state index in [2.05, 4.69) is 86.0 Å². The average Bonchev–Trinajstić information content (AvgIpc) is 2.27. The molecule has 1 aromatic rings. The summed E-state index contributed by atoms with van der Waals surface area (Å²) in [5, 5.41) is 3.52. The van der Waals surface area contributed by atoms with Crippen LogP contribution in [0.3, 0.4) is 0 Å². The van der Waals surface area contributed by atoms with E-state index in [-0.39, 0.29) is 5.54 Å². The lowest BCUT2D eigenvalue weighted by Crippen LogP contribution is -2.35. The molecule has 0 bridgehead atoms. The van der Waals surface area contributed by atoms with Gasteiger partial charge in [0.1, 0.15) is 0 Å². The number of rotatable bonds is 6. The maximum Gasteiger partial charge on any atom is 0.0242 e. The molecule has 0 fully saturated rings. The van der Waals surface area contributed by atoms with Crippen LogP contribution in [0, 0.1) is 5.92 Å². The molecule has 0 spiro atoms. The van der Waals surface area contributed by atoms with E-state index < -0.39 is 0 Å². The predicted molar refractivity (Wildman–Crippen MR) is 91.9 cm³/mol. The Morgan fingerprint density at radius 3 is 2.40 bits per heavy atom. The van der Waals surface area contributed by atoms with Gasteiger partial charge in [-0.2, -0.15) is 0 Å². The Hall–Kier alpha value is -0.380. The van der Waals surface area contributed by atoms with Crippen LogP contribution < -0.4 is 5.32 Å². The number of halogens is 1. The van der Waals surface area contributed by atoms with Crippen LogP contribution in [0.5, 0.6) is 0 Å².